The molecule has 0 amide bonds. The van der Waals surface area contributed by atoms with Crippen LogP contribution in [0.1, 0.15) is 57.0 Å². The molecule has 3 aromatic rings. The van der Waals surface area contributed by atoms with Crippen LogP contribution >= 0.6 is 0 Å². The summed E-state index contributed by atoms with van der Waals surface area (Å²) in [7, 11) is 0. The van der Waals surface area contributed by atoms with Crippen molar-refractivity contribution in [1.29, 1.82) is 5.41 Å². The Hall–Kier alpha value is -3.19. The predicted octanol–water partition coefficient (Wildman–Crippen LogP) is 4.98. The molecule has 0 bridgehead atoms. The van der Waals surface area contributed by atoms with Gasteiger partial charge in [0.25, 0.3) is 0 Å². The zero-order chi connectivity index (χ0) is 23.8. The molecule has 1 N–H and O–H groups in total. The van der Waals surface area contributed by atoms with Crippen LogP contribution in [-0.2, 0) is 20.8 Å². The minimum Gasteiger partial charge on any atom is -0.462 e. The number of fused-ring (bicyclic) bond motifs is 1. The van der Waals surface area contributed by atoms with Crippen LogP contribution in [0.25, 0.3) is 10.9 Å². The molecule has 0 radical (unpaired) electrons. The topological polar surface area (TPSA) is 86.4 Å². The number of aryl methyl sites for hydroxylation is 1. The number of carbonyl (C=O) groups is 1. The van der Waals surface area contributed by atoms with E-state index in [-0.39, 0.29) is 0 Å². The number of hydrogen-bond donors (Lipinski definition) is 1. The molecule has 2 atom stereocenters. The maximum atomic E-state index is 12.7. The average molecular weight is 450 g/mol. The fourth-order valence-corrected chi connectivity index (χ4v) is 3.99. The van der Waals surface area contributed by atoms with Gasteiger partial charge in [-0.1, -0.05) is 37.3 Å². The van der Waals surface area contributed by atoms with Crippen molar-refractivity contribution in [2.45, 2.75) is 65.4 Å². The van der Waals surface area contributed by atoms with Crippen molar-refractivity contribution in [1.82, 2.24) is 9.55 Å². The summed E-state index contributed by atoms with van der Waals surface area (Å²) in [5.74, 6) is -0.0270. The lowest BCUT2D eigenvalue weighted by Gasteiger charge is -2.29. The third kappa shape index (κ3) is 4.78. The zero-order valence-electron chi connectivity index (χ0n) is 19.8. The summed E-state index contributed by atoms with van der Waals surface area (Å²) >= 11 is 0. The highest BCUT2D eigenvalue weighted by Crippen LogP contribution is 2.37. The number of aromatic nitrogens is 2. The molecular formula is C26H31N3O4. The van der Waals surface area contributed by atoms with E-state index in [9.17, 15) is 4.79 Å². The minimum absolute atomic E-state index is 0.333. The number of ether oxygens (including phenoxy) is 3. The highest BCUT2D eigenvalue weighted by Gasteiger charge is 2.32. The molecule has 174 valence electrons. The van der Waals surface area contributed by atoms with Gasteiger partial charge in [0.1, 0.15) is 11.7 Å². The first-order chi connectivity index (χ1) is 15.7. The Morgan fingerprint density at radius 2 is 2.03 bits per heavy atom. The van der Waals surface area contributed by atoms with E-state index in [0.717, 1.165) is 27.7 Å². The van der Waals surface area contributed by atoms with Gasteiger partial charge in [-0.3, -0.25) is 0 Å². The molecule has 0 spiro atoms. The zero-order valence-corrected chi connectivity index (χ0v) is 19.8. The molecule has 1 aliphatic heterocycles. The van der Waals surface area contributed by atoms with Gasteiger partial charge in [0.2, 0.25) is 5.88 Å². The summed E-state index contributed by atoms with van der Waals surface area (Å²) in [6.07, 6.45) is 0.992. The van der Waals surface area contributed by atoms with Crippen LogP contribution < -0.4 is 4.74 Å². The van der Waals surface area contributed by atoms with E-state index in [1.165, 1.54) is 0 Å². The normalized spacial score (nSPS) is 17.0. The quantitative estimate of drug-likeness (QED) is 0.514. The van der Waals surface area contributed by atoms with Crippen LogP contribution in [0.2, 0.25) is 0 Å². The standard InChI is InChI=1S/C26H31N3O4/c1-6-21(25(30)33-26(3,4)5)32-24-18-12-16(2)29(14-17-10-8-7-9-11-17)22(18)19(13-28-24)23-20(27)15-31-23/h7-13,21,23,27H,6,14-15H2,1-5H3. The molecule has 1 aliphatic rings. The van der Waals surface area contributed by atoms with Crippen LogP contribution in [-0.4, -0.2) is 39.5 Å². The third-order valence-corrected chi connectivity index (χ3v) is 5.61. The number of esters is 1. The Morgan fingerprint density at radius 3 is 2.61 bits per heavy atom. The summed E-state index contributed by atoms with van der Waals surface area (Å²) in [5, 5.41) is 8.98. The molecule has 4 rings (SSSR count). The Kier molecular flexibility index (Phi) is 6.26. The van der Waals surface area contributed by atoms with Crippen molar-refractivity contribution in [3.05, 3.63) is 59.4 Å². The van der Waals surface area contributed by atoms with Gasteiger partial charge in [-0.25, -0.2) is 9.78 Å². The fourth-order valence-electron chi connectivity index (χ4n) is 3.99. The molecule has 7 heteroatoms. The molecule has 33 heavy (non-hydrogen) atoms. The highest BCUT2D eigenvalue weighted by molar-refractivity contribution is 5.98. The van der Waals surface area contributed by atoms with Crippen LogP contribution in [0.4, 0.5) is 0 Å². The number of pyridine rings is 1. The van der Waals surface area contributed by atoms with E-state index in [2.05, 4.69) is 21.7 Å². The SMILES string of the molecule is CCC(Oc1ncc(C2OCC2=N)c2c1cc(C)n2Cc1ccccc1)C(=O)OC(C)(C)C. The van der Waals surface area contributed by atoms with Crippen LogP contribution in [0.15, 0.2) is 42.6 Å². The third-order valence-electron chi connectivity index (χ3n) is 5.61. The lowest BCUT2D eigenvalue weighted by atomic mass is 10.0. The molecule has 3 heterocycles. The van der Waals surface area contributed by atoms with Crippen molar-refractivity contribution in [2.24, 2.45) is 0 Å². The van der Waals surface area contributed by atoms with E-state index in [4.69, 9.17) is 19.6 Å². The molecule has 7 nitrogen and oxygen atoms in total. The maximum Gasteiger partial charge on any atom is 0.347 e. The Balaban J connectivity index is 1.77. The molecular weight excluding hydrogens is 418 g/mol. The second-order valence-corrected chi connectivity index (χ2v) is 9.40. The predicted molar refractivity (Wildman–Crippen MR) is 127 cm³/mol. The first-order valence-electron chi connectivity index (χ1n) is 11.3. The molecule has 1 fully saturated rings. The van der Waals surface area contributed by atoms with Crippen molar-refractivity contribution >= 4 is 22.6 Å². The smallest absolute Gasteiger partial charge is 0.347 e. The van der Waals surface area contributed by atoms with Gasteiger partial charge in [0, 0.05) is 24.0 Å². The van der Waals surface area contributed by atoms with E-state index < -0.39 is 23.8 Å². The average Bonchev–Trinajstić information content (AvgIpc) is 3.08. The largest absolute Gasteiger partial charge is 0.462 e. The van der Waals surface area contributed by atoms with E-state index in [1.54, 1.807) is 6.20 Å². The van der Waals surface area contributed by atoms with Crippen molar-refractivity contribution in [2.75, 3.05) is 6.61 Å². The summed E-state index contributed by atoms with van der Waals surface area (Å²) in [4.78, 5) is 17.2. The monoisotopic (exact) mass is 449 g/mol. The minimum atomic E-state index is -0.762. The first-order valence-corrected chi connectivity index (χ1v) is 11.3. The highest BCUT2D eigenvalue weighted by atomic mass is 16.6. The maximum absolute atomic E-state index is 12.7. The molecule has 2 unspecified atom stereocenters. The van der Waals surface area contributed by atoms with Crippen LogP contribution in [0, 0.1) is 12.3 Å². The number of rotatable bonds is 7. The molecule has 0 saturated carbocycles. The van der Waals surface area contributed by atoms with Crippen LogP contribution in [0.5, 0.6) is 5.88 Å². The molecule has 1 saturated heterocycles. The summed E-state index contributed by atoms with van der Waals surface area (Å²) < 4.78 is 19.5. The number of hydrogen-bond acceptors (Lipinski definition) is 6. The summed E-state index contributed by atoms with van der Waals surface area (Å²) in [6, 6.07) is 12.2. The van der Waals surface area contributed by atoms with Gasteiger partial charge in [0.05, 0.1) is 23.2 Å². The van der Waals surface area contributed by atoms with Gasteiger partial charge in [-0.05, 0) is 45.7 Å². The molecule has 0 aliphatic carbocycles. The van der Waals surface area contributed by atoms with Gasteiger partial charge in [-0.2, -0.15) is 0 Å². The molecule has 2 aromatic heterocycles. The van der Waals surface area contributed by atoms with Crippen LogP contribution in [0.3, 0.4) is 0 Å². The van der Waals surface area contributed by atoms with E-state index in [0.29, 0.717) is 31.2 Å². The number of nitrogens with one attached hydrogen (secondary N) is 1. The van der Waals surface area contributed by atoms with Crippen molar-refractivity contribution in [3.63, 3.8) is 0 Å². The molecule has 1 aromatic carbocycles. The van der Waals surface area contributed by atoms with Gasteiger partial charge in [-0.15, -0.1) is 0 Å². The van der Waals surface area contributed by atoms with E-state index in [1.807, 2.05) is 58.9 Å². The number of carbonyl (C=O) groups excluding carboxylic acids is 1. The van der Waals surface area contributed by atoms with Crippen molar-refractivity contribution in [3.8, 4) is 5.88 Å². The van der Waals surface area contributed by atoms with Crippen molar-refractivity contribution < 1.29 is 19.0 Å². The van der Waals surface area contributed by atoms with Gasteiger partial charge >= 0.3 is 5.97 Å². The number of benzene rings is 1. The lowest BCUT2D eigenvalue weighted by molar-refractivity contribution is -0.163. The first kappa shape index (κ1) is 23.0. The van der Waals surface area contributed by atoms with E-state index >= 15 is 0 Å². The number of nitrogens with zero attached hydrogens (tertiary/aromatic N) is 2. The Labute approximate surface area is 194 Å². The second-order valence-electron chi connectivity index (χ2n) is 9.40. The Bertz CT molecular complexity index is 1180. The summed E-state index contributed by atoms with van der Waals surface area (Å²) in [5.41, 5.74) is 3.87. The fraction of sp³-hybridized carbons (Fsp3) is 0.423. The van der Waals surface area contributed by atoms with Gasteiger partial charge < -0.3 is 24.2 Å². The Morgan fingerprint density at radius 1 is 1.30 bits per heavy atom. The summed E-state index contributed by atoms with van der Waals surface area (Å²) in [6.45, 7) is 10.4. The lowest BCUT2D eigenvalue weighted by Crippen LogP contribution is -2.35. The second kappa shape index (κ2) is 8.98. The van der Waals surface area contributed by atoms with Gasteiger partial charge in [0.15, 0.2) is 6.10 Å².